The van der Waals surface area contributed by atoms with E-state index in [-0.39, 0.29) is 12.4 Å². The van der Waals surface area contributed by atoms with Crippen LogP contribution in [0.4, 0.5) is 0 Å². The molecule has 0 aliphatic carbocycles. The maximum absolute atomic E-state index is 5.83. The lowest BCUT2D eigenvalue weighted by molar-refractivity contribution is 0.0384. The highest BCUT2D eigenvalue weighted by Gasteiger charge is 2.08. The number of nitrogens with one attached hydrogen (secondary N) is 1. The van der Waals surface area contributed by atoms with Crippen molar-refractivity contribution in [1.29, 1.82) is 0 Å². The third kappa shape index (κ3) is 6.96. The van der Waals surface area contributed by atoms with Gasteiger partial charge in [0.2, 0.25) is 0 Å². The molecule has 1 heterocycles. The van der Waals surface area contributed by atoms with E-state index in [0.29, 0.717) is 0 Å². The second kappa shape index (κ2) is 11.9. The Hall–Kier alpha value is -1.59. The number of nitrogens with zero attached hydrogens (tertiary/aromatic N) is 1. The van der Waals surface area contributed by atoms with Crippen LogP contribution in [0.15, 0.2) is 54.6 Å². The summed E-state index contributed by atoms with van der Waals surface area (Å²) in [7, 11) is 0. The minimum Gasteiger partial charge on any atom is -0.494 e. The highest BCUT2D eigenvalue weighted by Crippen LogP contribution is 2.21. The Morgan fingerprint density at radius 1 is 0.885 bits per heavy atom. The zero-order chi connectivity index (χ0) is 17.2. The zero-order valence-electron chi connectivity index (χ0n) is 15.2. The van der Waals surface area contributed by atoms with Gasteiger partial charge in [0, 0.05) is 26.2 Å². The van der Waals surface area contributed by atoms with Crippen molar-refractivity contribution in [1.82, 2.24) is 10.2 Å². The average Bonchev–Trinajstić information content (AvgIpc) is 2.69. The molecule has 0 bridgehead atoms. The standard InChI is InChI=1S/C21H28N2O2.ClH/c1-2-5-19(6-3-1)20-7-9-21(10-8-20)25-16-4-11-22-12-13-23-14-17-24-18-15-23;/h1-3,5-10,22H,4,11-18H2;1H. The second-order valence-corrected chi connectivity index (χ2v) is 6.30. The monoisotopic (exact) mass is 376 g/mol. The summed E-state index contributed by atoms with van der Waals surface area (Å²) < 4.78 is 11.2. The number of hydrogen-bond acceptors (Lipinski definition) is 4. The molecule has 142 valence electrons. The molecule has 0 amide bonds. The van der Waals surface area contributed by atoms with Crippen LogP contribution in [0.25, 0.3) is 11.1 Å². The Labute approximate surface area is 162 Å². The van der Waals surface area contributed by atoms with Gasteiger partial charge in [0.1, 0.15) is 5.75 Å². The van der Waals surface area contributed by atoms with Crippen LogP contribution < -0.4 is 10.1 Å². The van der Waals surface area contributed by atoms with Gasteiger partial charge in [-0.3, -0.25) is 4.90 Å². The Bertz CT molecular complexity index is 601. The maximum Gasteiger partial charge on any atom is 0.119 e. The van der Waals surface area contributed by atoms with Crippen molar-refractivity contribution < 1.29 is 9.47 Å². The summed E-state index contributed by atoms with van der Waals surface area (Å²) in [4.78, 5) is 2.45. The van der Waals surface area contributed by atoms with Crippen molar-refractivity contribution in [3.05, 3.63) is 54.6 Å². The average molecular weight is 377 g/mol. The van der Waals surface area contributed by atoms with E-state index in [1.54, 1.807) is 0 Å². The van der Waals surface area contributed by atoms with Crippen molar-refractivity contribution in [3.63, 3.8) is 0 Å². The van der Waals surface area contributed by atoms with E-state index in [2.05, 4.69) is 46.6 Å². The first-order chi connectivity index (χ1) is 12.4. The van der Waals surface area contributed by atoms with Crippen molar-refractivity contribution in [2.75, 3.05) is 52.5 Å². The van der Waals surface area contributed by atoms with Gasteiger partial charge in [-0.1, -0.05) is 42.5 Å². The topological polar surface area (TPSA) is 33.7 Å². The maximum atomic E-state index is 5.83. The number of benzene rings is 2. The molecular formula is C21H29ClN2O2. The van der Waals surface area contributed by atoms with E-state index >= 15 is 0 Å². The van der Waals surface area contributed by atoms with Gasteiger partial charge in [-0.25, -0.2) is 0 Å². The summed E-state index contributed by atoms with van der Waals surface area (Å²) in [6, 6.07) is 18.7. The van der Waals surface area contributed by atoms with E-state index in [1.165, 1.54) is 11.1 Å². The first-order valence-corrected chi connectivity index (χ1v) is 9.21. The molecule has 26 heavy (non-hydrogen) atoms. The fraction of sp³-hybridized carbons (Fsp3) is 0.429. The zero-order valence-corrected chi connectivity index (χ0v) is 16.0. The number of hydrogen-bond donors (Lipinski definition) is 1. The van der Waals surface area contributed by atoms with E-state index < -0.39 is 0 Å². The van der Waals surface area contributed by atoms with Crippen LogP contribution in [-0.4, -0.2) is 57.4 Å². The molecule has 0 aromatic heterocycles. The largest absolute Gasteiger partial charge is 0.494 e. The molecule has 0 saturated carbocycles. The summed E-state index contributed by atoms with van der Waals surface area (Å²) >= 11 is 0. The van der Waals surface area contributed by atoms with Gasteiger partial charge in [-0.2, -0.15) is 0 Å². The fourth-order valence-electron chi connectivity index (χ4n) is 2.95. The number of ether oxygens (including phenoxy) is 2. The minimum atomic E-state index is 0. The molecule has 2 aromatic carbocycles. The normalized spacial score (nSPS) is 14.6. The quantitative estimate of drug-likeness (QED) is 0.679. The Balaban J connectivity index is 0.00000243. The lowest BCUT2D eigenvalue weighted by Crippen LogP contribution is -2.40. The van der Waals surface area contributed by atoms with Crippen LogP contribution in [0.1, 0.15) is 6.42 Å². The summed E-state index contributed by atoms with van der Waals surface area (Å²) in [6.07, 6.45) is 1.02. The van der Waals surface area contributed by atoms with Crippen molar-refractivity contribution in [2.24, 2.45) is 0 Å². The number of halogens is 1. The van der Waals surface area contributed by atoms with Crippen LogP contribution in [0.2, 0.25) is 0 Å². The van der Waals surface area contributed by atoms with E-state index in [9.17, 15) is 0 Å². The summed E-state index contributed by atoms with van der Waals surface area (Å²) in [5.74, 6) is 0.938. The second-order valence-electron chi connectivity index (χ2n) is 6.30. The third-order valence-corrected chi connectivity index (χ3v) is 4.44. The van der Waals surface area contributed by atoms with Crippen LogP contribution in [0, 0.1) is 0 Å². The van der Waals surface area contributed by atoms with Crippen molar-refractivity contribution in [3.8, 4) is 16.9 Å². The van der Waals surface area contributed by atoms with E-state index in [1.807, 2.05) is 18.2 Å². The molecule has 5 heteroatoms. The number of morpholine rings is 1. The molecule has 0 radical (unpaired) electrons. The molecule has 0 atom stereocenters. The van der Waals surface area contributed by atoms with Crippen LogP contribution in [0.3, 0.4) is 0 Å². The van der Waals surface area contributed by atoms with Gasteiger partial charge in [0.25, 0.3) is 0 Å². The molecule has 3 rings (SSSR count). The van der Waals surface area contributed by atoms with Gasteiger partial charge in [0.15, 0.2) is 0 Å². The van der Waals surface area contributed by atoms with Crippen LogP contribution >= 0.6 is 12.4 Å². The van der Waals surface area contributed by atoms with Gasteiger partial charge in [-0.15, -0.1) is 12.4 Å². The summed E-state index contributed by atoms with van der Waals surface area (Å²) in [5.41, 5.74) is 2.45. The first-order valence-electron chi connectivity index (χ1n) is 9.21. The van der Waals surface area contributed by atoms with Crippen molar-refractivity contribution in [2.45, 2.75) is 6.42 Å². The molecule has 1 aliphatic rings. The van der Waals surface area contributed by atoms with Crippen LogP contribution in [0.5, 0.6) is 5.75 Å². The molecule has 1 aliphatic heterocycles. The van der Waals surface area contributed by atoms with Crippen molar-refractivity contribution >= 4 is 12.4 Å². The Morgan fingerprint density at radius 3 is 2.31 bits per heavy atom. The molecule has 0 unspecified atom stereocenters. The smallest absolute Gasteiger partial charge is 0.119 e. The molecule has 1 N–H and O–H groups in total. The van der Waals surface area contributed by atoms with Gasteiger partial charge in [-0.05, 0) is 36.2 Å². The summed E-state index contributed by atoms with van der Waals surface area (Å²) in [5, 5.41) is 3.49. The fourth-order valence-corrected chi connectivity index (χ4v) is 2.95. The lowest BCUT2D eigenvalue weighted by Gasteiger charge is -2.26. The molecule has 4 nitrogen and oxygen atoms in total. The van der Waals surface area contributed by atoms with Crippen LogP contribution in [-0.2, 0) is 4.74 Å². The summed E-state index contributed by atoms with van der Waals surface area (Å²) in [6.45, 7) is 7.74. The number of rotatable bonds is 9. The molecule has 1 fully saturated rings. The highest BCUT2D eigenvalue weighted by molar-refractivity contribution is 5.85. The molecule has 0 spiro atoms. The van der Waals surface area contributed by atoms with E-state index in [4.69, 9.17) is 9.47 Å². The molecular weight excluding hydrogens is 348 g/mol. The molecule has 2 aromatic rings. The molecule has 1 saturated heterocycles. The SMILES string of the molecule is Cl.c1ccc(-c2ccc(OCCCNCCN3CCOCC3)cc2)cc1. The highest BCUT2D eigenvalue weighted by atomic mass is 35.5. The van der Waals surface area contributed by atoms with E-state index in [0.717, 1.165) is 64.7 Å². The van der Waals surface area contributed by atoms with Gasteiger partial charge >= 0.3 is 0 Å². The predicted octanol–water partition coefficient (Wildman–Crippen LogP) is 3.47. The van der Waals surface area contributed by atoms with Gasteiger partial charge < -0.3 is 14.8 Å². The lowest BCUT2D eigenvalue weighted by atomic mass is 10.1. The third-order valence-electron chi connectivity index (χ3n) is 4.44. The minimum absolute atomic E-state index is 0. The van der Waals surface area contributed by atoms with Gasteiger partial charge in [0.05, 0.1) is 19.8 Å². The predicted molar refractivity (Wildman–Crippen MR) is 109 cm³/mol. The first kappa shape index (κ1) is 20.7. The Kier molecular flexibility index (Phi) is 9.50. The Morgan fingerprint density at radius 2 is 1.58 bits per heavy atom.